The van der Waals surface area contributed by atoms with Crippen LogP contribution in [-0.4, -0.2) is 96.2 Å². The summed E-state index contributed by atoms with van der Waals surface area (Å²) >= 11 is 1.64. The molecule has 0 saturated carbocycles. The van der Waals surface area contributed by atoms with Crippen LogP contribution in [0.4, 0.5) is 16.3 Å². The van der Waals surface area contributed by atoms with Crippen LogP contribution in [0.15, 0.2) is 79.0 Å². The number of hydrogen-bond acceptors (Lipinski definition) is 11. The maximum Gasteiger partial charge on any atom is 0.413 e. The first-order valence-corrected chi connectivity index (χ1v) is 17.6. The van der Waals surface area contributed by atoms with Gasteiger partial charge in [0.2, 0.25) is 11.8 Å². The van der Waals surface area contributed by atoms with Gasteiger partial charge >= 0.3 is 6.09 Å². The van der Waals surface area contributed by atoms with Crippen LogP contribution < -0.4 is 19.9 Å². The molecule has 0 bridgehead atoms. The van der Waals surface area contributed by atoms with Crippen LogP contribution in [0.1, 0.15) is 33.6 Å². The Balaban J connectivity index is 0.896. The lowest BCUT2D eigenvalue weighted by Crippen LogP contribution is -2.54. The zero-order valence-corrected chi connectivity index (χ0v) is 29.6. The number of nitrogens with one attached hydrogen (secondary N) is 1. The molecule has 7 rings (SSSR count). The summed E-state index contributed by atoms with van der Waals surface area (Å²) in [6.07, 6.45) is 0.560. The fourth-order valence-corrected chi connectivity index (χ4v) is 7.17. The van der Waals surface area contributed by atoms with E-state index in [1.807, 2.05) is 50.5 Å². The summed E-state index contributed by atoms with van der Waals surface area (Å²) in [6, 6.07) is 21.1. The molecule has 1 atom stereocenters. The van der Waals surface area contributed by atoms with Crippen molar-refractivity contribution >= 4 is 62.8 Å². The molecule has 1 saturated heterocycles. The minimum absolute atomic E-state index is 0.0280. The Morgan fingerprint density at radius 3 is 2.38 bits per heavy atom. The molecule has 2 N–H and O–H groups in total. The first-order chi connectivity index (χ1) is 25.6. The number of nitrogens with zero attached hydrogens (tertiary/aromatic N) is 5. The van der Waals surface area contributed by atoms with Crippen LogP contribution in [0.5, 0.6) is 5.75 Å². The molecule has 5 amide bonds. The molecule has 2 aliphatic heterocycles. The first-order valence-electron chi connectivity index (χ1n) is 16.8. The van der Waals surface area contributed by atoms with Crippen molar-refractivity contribution in [2.45, 2.75) is 18.9 Å². The predicted molar refractivity (Wildman–Crippen MR) is 197 cm³/mol. The van der Waals surface area contributed by atoms with Crippen LogP contribution >= 0.6 is 11.3 Å². The highest BCUT2D eigenvalue weighted by molar-refractivity contribution is 7.21. The van der Waals surface area contributed by atoms with Crippen molar-refractivity contribution in [2.24, 2.45) is 0 Å². The highest BCUT2D eigenvalue weighted by atomic mass is 32.1. The average molecular weight is 735 g/mol. The number of pyridine rings is 1. The summed E-state index contributed by atoms with van der Waals surface area (Å²) in [7, 11) is 4.02. The van der Waals surface area contributed by atoms with Crippen molar-refractivity contribution in [1.29, 1.82) is 0 Å². The quantitative estimate of drug-likeness (QED) is 0.130. The molecule has 5 aromatic rings. The van der Waals surface area contributed by atoms with Gasteiger partial charge in [-0.25, -0.2) is 14.8 Å². The molecule has 53 heavy (non-hydrogen) atoms. The number of aromatic nitrogens is 2. The van der Waals surface area contributed by atoms with E-state index >= 15 is 0 Å². The Bertz CT molecular complexity index is 2240. The Kier molecular flexibility index (Phi) is 9.84. The fraction of sp³-hybridized carbons (Fsp3) is 0.237. The normalized spacial score (nSPS) is 15.4. The van der Waals surface area contributed by atoms with Crippen LogP contribution in [0.2, 0.25) is 0 Å². The van der Waals surface area contributed by atoms with Crippen LogP contribution in [0.25, 0.3) is 31.9 Å². The Labute approximate surface area is 307 Å². The molecule has 4 heterocycles. The lowest BCUT2D eigenvalue weighted by molar-refractivity contribution is -0.136. The molecule has 0 radical (unpaired) electrons. The van der Waals surface area contributed by atoms with Crippen molar-refractivity contribution in [3.63, 3.8) is 0 Å². The van der Waals surface area contributed by atoms with Gasteiger partial charge in [-0.2, -0.15) is 0 Å². The van der Waals surface area contributed by atoms with E-state index in [-0.39, 0.29) is 56.2 Å². The SMILES string of the molecule is CN(C)c1ccc2nc(-c3ccc(-c4ccc(N(CCOCCOc5ccc6c(c5)C(=O)N(C5CCC(=O)NC5=O)C6=O)C(=O)O)nc4)cc3)sc2c1. The number of rotatable bonds is 12. The zero-order valence-electron chi connectivity index (χ0n) is 28.8. The summed E-state index contributed by atoms with van der Waals surface area (Å²) in [5, 5.41) is 12.9. The molecular weight excluding hydrogens is 701 g/mol. The largest absolute Gasteiger partial charge is 0.491 e. The number of carbonyl (C=O) groups is 5. The summed E-state index contributed by atoms with van der Waals surface area (Å²) < 4.78 is 12.4. The summed E-state index contributed by atoms with van der Waals surface area (Å²) in [5.41, 5.74) is 5.10. The Morgan fingerprint density at radius 1 is 0.906 bits per heavy atom. The number of benzene rings is 3. The fourth-order valence-electron chi connectivity index (χ4n) is 6.16. The Morgan fingerprint density at radius 2 is 1.66 bits per heavy atom. The molecule has 15 heteroatoms. The van der Waals surface area contributed by atoms with Gasteiger partial charge in [0.05, 0.1) is 41.1 Å². The highest BCUT2D eigenvalue weighted by Crippen LogP contribution is 2.34. The monoisotopic (exact) mass is 734 g/mol. The number of thiazole rings is 1. The maximum absolute atomic E-state index is 13.0. The molecule has 1 unspecified atom stereocenters. The van der Waals surface area contributed by atoms with Crippen LogP contribution in [0, 0.1) is 0 Å². The number of carbonyl (C=O) groups excluding carboxylic acids is 4. The standard InChI is InChI=1S/C38H34N6O8S/c1-42(2)25-8-11-29-31(19-25)53-35(40-29)23-5-3-22(4-6-23)24-7-13-32(39-21-24)43(38(49)50)15-16-51-17-18-52-26-9-10-27-28(20-26)37(48)44(36(27)47)30-12-14-33(45)41-34(30)46/h3-11,13,19-21,30H,12,14-18H2,1-2H3,(H,49,50)(H,41,45,46). The summed E-state index contributed by atoms with van der Waals surface area (Å²) in [4.78, 5) is 75.0. The van der Waals surface area contributed by atoms with Gasteiger partial charge < -0.3 is 19.5 Å². The average Bonchev–Trinajstić information content (AvgIpc) is 3.69. The number of fused-ring (bicyclic) bond motifs is 2. The van der Waals surface area contributed by atoms with E-state index in [0.717, 1.165) is 47.4 Å². The maximum atomic E-state index is 13.0. The van der Waals surface area contributed by atoms with Gasteiger partial charge in [-0.05, 0) is 60.5 Å². The van der Waals surface area contributed by atoms with E-state index in [1.54, 1.807) is 23.6 Å². The molecule has 14 nitrogen and oxygen atoms in total. The van der Waals surface area contributed by atoms with E-state index in [0.29, 0.717) is 5.75 Å². The van der Waals surface area contributed by atoms with E-state index in [9.17, 15) is 29.1 Å². The summed E-state index contributed by atoms with van der Waals surface area (Å²) in [6.45, 7) is 0.310. The van der Waals surface area contributed by atoms with Crippen molar-refractivity contribution < 1.29 is 38.6 Å². The molecule has 0 aliphatic carbocycles. The molecule has 270 valence electrons. The zero-order chi connectivity index (χ0) is 37.2. The minimum Gasteiger partial charge on any atom is -0.491 e. The van der Waals surface area contributed by atoms with Crippen molar-refractivity contribution in [1.82, 2.24) is 20.2 Å². The van der Waals surface area contributed by atoms with Crippen molar-refractivity contribution in [3.05, 3.63) is 90.1 Å². The van der Waals surface area contributed by atoms with Gasteiger partial charge in [-0.15, -0.1) is 11.3 Å². The molecule has 1 fully saturated rings. The van der Waals surface area contributed by atoms with Gasteiger partial charge in [-0.3, -0.25) is 34.3 Å². The number of piperidine rings is 1. The van der Waals surface area contributed by atoms with Gasteiger partial charge in [-0.1, -0.05) is 24.3 Å². The van der Waals surface area contributed by atoms with Gasteiger partial charge in [0.15, 0.2) is 0 Å². The number of carboxylic acid groups (broad SMARTS) is 1. The highest BCUT2D eigenvalue weighted by Gasteiger charge is 2.44. The molecule has 0 spiro atoms. The van der Waals surface area contributed by atoms with Gasteiger partial charge in [0, 0.05) is 43.5 Å². The van der Waals surface area contributed by atoms with Crippen molar-refractivity contribution in [3.8, 4) is 27.4 Å². The topological polar surface area (TPSA) is 172 Å². The van der Waals surface area contributed by atoms with E-state index in [2.05, 4.69) is 27.3 Å². The second-order valence-electron chi connectivity index (χ2n) is 12.6. The Hall–Kier alpha value is -6.19. The van der Waals surface area contributed by atoms with Gasteiger partial charge in [0.25, 0.3) is 11.8 Å². The van der Waals surface area contributed by atoms with E-state index in [1.165, 1.54) is 18.2 Å². The minimum atomic E-state index is -1.17. The first kappa shape index (κ1) is 35.2. The lowest BCUT2D eigenvalue weighted by atomic mass is 10.0. The van der Waals surface area contributed by atoms with Gasteiger partial charge in [0.1, 0.15) is 29.2 Å². The van der Waals surface area contributed by atoms with Crippen LogP contribution in [0.3, 0.4) is 0 Å². The second-order valence-corrected chi connectivity index (χ2v) is 13.6. The molecule has 3 aromatic carbocycles. The number of ether oxygens (including phenoxy) is 2. The molecular formula is C38H34N6O8S. The van der Waals surface area contributed by atoms with Crippen LogP contribution in [-0.2, 0) is 14.3 Å². The van der Waals surface area contributed by atoms with E-state index < -0.39 is 35.8 Å². The van der Waals surface area contributed by atoms with Crippen molar-refractivity contribution in [2.75, 3.05) is 50.3 Å². The van der Waals surface area contributed by atoms with E-state index in [4.69, 9.17) is 14.5 Å². The third-order valence-electron chi connectivity index (χ3n) is 8.98. The molecule has 2 aromatic heterocycles. The predicted octanol–water partition coefficient (Wildman–Crippen LogP) is 5.07. The number of imide groups is 2. The number of anilines is 2. The third kappa shape index (κ3) is 7.29. The smallest absolute Gasteiger partial charge is 0.413 e. The number of hydrogen-bond donors (Lipinski definition) is 2. The second kappa shape index (κ2) is 14.8. The number of amides is 5. The summed E-state index contributed by atoms with van der Waals surface area (Å²) in [5.74, 6) is -1.78. The molecule has 2 aliphatic rings. The third-order valence-corrected chi connectivity index (χ3v) is 10.0. The lowest BCUT2D eigenvalue weighted by Gasteiger charge is -2.27.